The van der Waals surface area contributed by atoms with Gasteiger partial charge in [-0.3, -0.25) is 15.1 Å². The minimum absolute atomic E-state index is 0.00282. The van der Waals surface area contributed by atoms with E-state index >= 15 is 0 Å². The fourth-order valence-corrected chi connectivity index (χ4v) is 2.43. The van der Waals surface area contributed by atoms with Gasteiger partial charge in [-0.15, -0.1) is 0 Å². The van der Waals surface area contributed by atoms with E-state index in [0.29, 0.717) is 22.4 Å². The summed E-state index contributed by atoms with van der Waals surface area (Å²) < 4.78 is 30.0. The Hall–Kier alpha value is -2.78. The van der Waals surface area contributed by atoms with Gasteiger partial charge in [-0.05, 0) is 24.3 Å². The molecular formula is C15H14N4O4S. The summed E-state index contributed by atoms with van der Waals surface area (Å²) in [6, 6.07) is 10.3. The molecule has 2 N–H and O–H groups in total. The summed E-state index contributed by atoms with van der Waals surface area (Å²) >= 11 is 0. The Morgan fingerprint density at radius 1 is 1.25 bits per heavy atom. The Kier molecular flexibility index (Phi) is 4.28. The molecule has 0 fully saturated rings. The first-order valence-corrected chi connectivity index (χ1v) is 8.86. The zero-order valence-corrected chi connectivity index (χ0v) is 13.5. The second kappa shape index (κ2) is 6.38. The smallest absolute Gasteiger partial charge is 0.302 e. The van der Waals surface area contributed by atoms with Crippen LogP contribution < -0.4 is 10.0 Å². The molecule has 0 aliphatic carbocycles. The van der Waals surface area contributed by atoms with Crippen molar-refractivity contribution in [3.8, 4) is 0 Å². The number of carbonyl (C=O) groups excluding carboxylic acids is 1. The van der Waals surface area contributed by atoms with Gasteiger partial charge < -0.3 is 4.42 Å². The third kappa shape index (κ3) is 3.94. The van der Waals surface area contributed by atoms with E-state index in [1.54, 1.807) is 12.1 Å². The lowest BCUT2D eigenvalue weighted by Crippen LogP contribution is -2.22. The highest BCUT2D eigenvalue weighted by molar-refractivity contribution is 7.88. The van der Waals surface area contributed by atoms with Gasteiger partial charge in [0.25, 0.3) is 5.91 Å². The van der Waals surface area contributed by atoms with Crippen LogP contribution >= 0.6 is 0 Å². The topological polar surface area (TPSA) is 114 Å². The maximum atomic E-state index is 12.3. The predicted octanol–water partition coefficient (Wildman–Crippen LogP) is 1.52. The molecule has 8 nitrogen and oxygen atoms in total. The second-order valence-corrected chi connectivity index (χ2v) is 6.90. The highest BCUT2D eigenvalue weighted by Crippen LogP contribution is 2.18. The Morgan fingerprint density at radius 2 is 2.04 bits per heavy atom. The summed E-state index contributed by atoms with van der Waals surface area (Å²) in [6.45, 7) is 0.00282. The van der Waals surface area contributed by atoms with Gasteiger partial charge in [0.1, 0.15) is 5.52 Å². The van der Waals surface area contributed by atoms with E-state index < -0.39 is 15.9 Å². The maximum Gasteiger partial charge on any atom is 0.302 e. The molecule has 0 bridgehead atoms. The summed E-state index contributed by atoms with van der Waals surface area (Å²) in [6.07, 6.45) is 2.48. The van der Waals surface area contributed by atoms with Gasteiger partial charge in [0.05, 0.1) is 18.5 Å². The van der Waals surface area contributed by atoms with Crippen molar-refractivity contribution >= 4 is 33.0 Å². The molecule has 0 unspecified atom stereocenters. The van der Waals surface area contributed by atoms with Gasteiger partial charge in [-0.25, -0.2) is 13.1 Å². The third-order valence-electron chi connectivity index (χ3n) is 3.11. The van der Waals surface area contributed by atoms with Crippen LogP contribution in [-0.4, -0.2) is 30.5 Å². The first-order chi connectivity index (χ1) is 11.4. The van der Waals surface area contributed by atoms with E-state index in [1.807, 2.05) is 12.1 Å². The molecule has 0 radical (unpaired) electrons. The van der Waals surface area contributed by atoms with E-state index in [2.05, 4.69) is 20.0 Å². The highest BCUT2D eigenvalue weighted by atomic mass is 32.2. The number of anilines is 1. The molecule has 0 saturated heterocycles. The Balaban J connectivity index is 1.74. The van der Waals surface area contributed by atoms with E-state index in [4.69, 9.17) is 4.42 Å². The molecule has 0 spiro atoms. The van der Waals surface area contributed by atoms with Crippen molar-refractivity contribution in [3.05, 3.63) is 53.9 Å². The van der Waals surface area contributed by atoms with Crippen LogP contribution in [0.25, 0.3) is 11.1 Å². The molecule has 0 aliphatic rings. The largest absolute Gasteiger partial charge is 0.423 e. The van der Waals surface area contributed by atoms with Gasteiger partial charge in [-0.2, -0.15) is 4.98 Å². The van der Waals surface area contributed by atoms with E-state index in [0.717, 1.165) is 6.26 Å². The van der Waals surface area contributed by atoms with Gasteiger partial charge in [0.15, 0.2) is 5.58 Å². The molecule has 3 aromatic rings. The van der Waals surface area contributed by atoms with E-state index in [-0.39, 0.29) is 12.6 Å². The number of sulfonamides is 1. The van der Waals surface area contributed by atoms with Gasteiger partial charge in [0.2, 0.25) is 10.0 Å². The number of fused-ring (bicyclic) bond motifs is 1. The van der Waals surface area contributed by atoms with Crippen molar-refractivity contribution < 1.29 is 17.6 Å². The number of carbonyl (C=O) groups is 1. The van der Waals surface area contributed by atoms with Crippen molar-refractivity contribution in [3.63, 3.8) is 0 Å². The standard InChI is InChI=1S/C15H14N4O4S/c1-24(21,22)17-9-11-8-10(6-7-16-11)14(20)19-15-18-12-4-2-3-5-13(12)23-15/h2-8,17H,9H2,1H3,(H,18,19,20). The number of para-hydroxylation sites is 2. The van der Waals surface area contributed by atoms with Crippen LogP contribution in [0.5, 0.6) is 0 Å². The Labute approximate surface area is 138 Å². The monoisotopic (exact) mass is 346 g/mol. The lowest BCUT2D eigenvalue weighted by molar-refractivity contribution is 0.102. The normalized spacial score (nSPS) is 11.5. The molecule has 124 valence electrons. The molecule has 24 heavy (non-hydrogen) atoms. The summed E-state index contributed by atoms with van der Waals surface area (Å²) in [7, 11) is -3.33. The number of rotatable bonds is 5. The summed E-state index contributed by atoms with van der Waals surface area (Å²) in [5.41, 5.74) is 1.95. The molecule has 1 amide bonds. The van der Waals surface area contributed by atoms with E-state index in [9.17, 15) is 13.2 Å². The van der Waals surface area contributed by atoms with E-state index in [1.165, 1.54) is 18.3 Å². The zero-order valence-electron chi connectivity index (χ0n) is 12.7. The highest BCUT2D eigenvalue weighted by Gasteiger charge is 2.12. The van der Waals surface area contributed by atoms with Crippen LogP contribution in [0.1, 0.15) is 16.1 Å². The van der Waals surface area contributed by atoms with Crippen LogP contribution in [0.3, 0.4) is 0 Å². The van der Waals surface area contributed by atoms with Gasteiger partial charge >= 0.3 is 6.01 Å². The SMILES string of the molecule is CS(=O)(=O)NCc1cc(C(=O)Nc2nc3ccccc3o2)ccn1. The molecule has 0 aliphatic heterocycles. The third-order valence-corrected chi connectivity index (χ3v) is 3.78. The molecule has 3 rings (SSSR count). The van der Waals surface area contributed by atoms with Gasteiger partial charge in [0, 0.05) is 11.8 Å². The number of hydrogen-bond donors (Lipinski definition) is 2. The van der Waals surface area contributed by atoms with Crippen molar-refractivity contribution in [1.29, 1.82) is 0 Å². The van der Waals surface area contributed by atoms with Crippen molar-refractivity contribution in [2.45, 2.75) is 6.54 Å². The summed E-state index contributed by atoms with van der Waals surface area (Å²) in [5.74, 6) is -0.426. The fraction of sp³-hybridized carbons (Fsp3) is 0.133. The maximum absolute atomic E-state index is 12.3. The number of nitrogens with one attached hydrogen (secondary N) is 2. The van der Waals surface area contributed by atoms with Crippen LogP contribution in [-0.2, 0) is 16.6 Å². The van der Waals surface area contributed by atoms with Crippen LogP contribution in [0.2, 0.25) is 0 Å². The van der Waals surface area contributed by atoms with Crippen LogP contribution in [0, 0.1) is 0 Å². The van der Waals surface area contributed by atoms with Crippen LogP contribution in [0.15, 0.2) is 47.0 Å². The van der Waals surface area contributed by atoms with Crippen molar-refractivity contribution in [2.75, 3.05) is 11.6 Å². The lowest BCUT2D eigenvalue weighted by Gasteiger charge is -2.04. The zero-order chi connectivity index (χ0) is 17.2. The summed E-state index contributed by atoms with van der Waals surface area (Å²) in [5, 5.41) is 2.56. The quantitative estimate of drug-likeness (QED) is 0.724. The number of benzene rings is 1. The predicted molar refractivity (Wildman–Crippen MR) is 87.9 cm³/mol. The first-order valence-electron chi connectivity index (χ1n) is 6.97. The van der Waals surface area contributed by atoms with Crippen molar-refractivity contribution in [2.24, 2.45) is 0 Å². The molecule has 2 aromatic heterocycles. The minimum atomic E-state index is -3.33. The summed E-state index contributed by atoms with van der Waals surface area (Å²) in [4.78, 5) is 20.5. The molecule has 0 saturated carbocycles. The Morgan fingerprint density at radius 3 is 2.79 bits per heavy atom. The average Bonchev–Trinajstić information content (AvgIpc) is 2.94. The molecule has 0 atom stereocenters. The number of amides is 1. The Bertz CT molecular complexity index is 964. The fourth-order valence-electron chi connectivity index (χ4n) is 2.02. The first kappa shape index (κ1) is 16.1. The lowest BCUT2D eigenvalue weighted by atomic mass is 10.2. The average molecular weight is 346 g/mol. The number of oxazole rings is 1. The van der Waals surface area contributed by atoms with Crippen molar-refractivity contribution in [1.82, 2.24) is 14.7 Å². The van der Waals surface area contributed by atoms with Crippen LogP contribution in [0.4, 0.5) is 6.01 Å². The van der Waals surface area contributed by atoms with Gasteiger partial charge in [-0.1, -0.05) is 12.1 Å². The molecular weight excluding hydrogens is 332 g/mol. The number of aromatic nitrogens is 2. The second-order valence-electron chi connectivity index (χ2n) is 5.07. The number of hydrogen-bond acceptors (Lipinski definition) is 6. The number of pyridine rings is 1. The minimum Gasteiger partial charge on any atom is -0.423 e. The molecule has 2 heterocycles. The molecule has 9 heteroatoms. The molecule has 1 aromatic carbocycles. The number of nitrogens with zero attached hydrogens (tertiary/aromatic N) is 2.